The van der Waals surface area contributed by atoms with Gasteiger partial charge in [-0.3, -0.25) is 16.3 Å². The molecule has 0 saturated heterocycles. The smallest absolute Gasteiger partial charge is 0.271 e. The highest BCUT2D eigenvalue weighted by molar-refractivity contribution is 5.22. The number of benzene rings is 1. The molecule has 0 amide bonds. The van der Waals surface area contributed by atoms with Crippen LogP contribution in [-0.4, -0.2) is 4.98 Å². The third-order valence-electron chi connectivity index (χ3n) is 2.95. The second kappa shape index (κ2) is 6.02. The van der Waals surface area contributed by atoms with Gasteiger partial charge >= 0.3 is 6.18 Å². The Balaban J connectivity index is 2.16. The third kappa shape index (κ3) is 3.55. The number of alkyl halides is 3. The summed E-state index contributed by atoms with van der Waals surface area (Å²) in [6.07, 6.45) is -3.00. The summed E-state index contributed by atoms with van der Waals surface area (Å²) in [6, 6.07) is 11.5. The largest absolute Gasteiger partial charge is 0.417 e. The van der Waals surface area contributed by atoms with E-state index in [0.717, 1.165) is 17.8 Å². The first kappa shape index (κ1) is 14.5. The van der Waals surface area contributed by atoms with Crippen LogP contribution in [0.5, 0.6) is 0 Å². The molecule has 1 heterocycles. The van der Waals surface area contributed by atoms with E-state index in [9.17, 15) is 13.2 Å². The normalized spacial score (nSPS) is 13.2. The fourth-order valence-electron chi connectivity index (χ4n) is 1.88. The minimum absolute atomic E-state index is 0.334. The van der Waals surface area contributed by atoms with Gasteiger partial charge < -0.3 is 0 Å². The number of halogens is 3. The summed E-state index contributed by atoms with van der Waals surface area (Å²) in [5.41, 5.74) is 3.32. The molecular weight excluding hydrogens is 267 g/mol. The molecule has 0 aliphatic heterocycles. The highest BCUT2D eigenvalue weighted by Crippen LogP contribution is 2.29. The summed E-state index contributed by atoms with van der Waals surface area (Å²) in [5.74, 6) is 5.46. The summed E-state index contributed by atoms with van der Waals surface area (Å²) in [5, 5.41) is 0. The lowest BCUT2D eigenvalue weighted by molar-refractivity contribution is -0.137. The van der Waals surface area contributed by atoms with Crippen molar-refractivity contribution in [1.82, 2.24) is 10.4 Å². The van der Waals surface area contributed by atoms with Gasteiger partial charge in [0.2, 0.25) is 0 Å². The molecule has 0 radical (unpaired) electrons. The van der Waals surface area contributed by atoms with Crippen LogP contribution in [0.15, 0.2) is 48.7 Å². The Kier molecular flexibility index (Phi) is 4.36. The predicted molar refractivity (Wildman–Crippen MR) is 69.4 cm³/mol. The van der Waals surface area contributed by atoms with Crippen LogP contribution in [-0.2, 0) is 12.6 Å². The lowest BCUT2D eigenvalue weighted by Crippen LogP contribution is -2.30. The molecule has 1 atom stereocenters. The summed E-state index contributed by atoms with van der Waals surface area (Å²) in [7, 11) is 0. The maximum Gasteiger partial charge on any atom is 0.417 e. The molecule has 1 unspecified atom stereocenters. The second-order valence-electron chi connectivity index (χ2n) is 4.38. The molecule has 0 aliphatic carbocycles. The molecule has 0 saturated carbocycles. The monoisotopic (exact) mass is 281 g/mol. The minimum atomic E-state index is -4.38. The van der Waals surface area contributed by atoms with Gasteiger partial charge in [0, 0.05) is 6.20 Å². The molecule has 2 rings (SSSR count). The van der Waals surface area contributed by atoms with E-state index in [4.69, 9.17) is 5.84 Å². The van der Waals surface area contributed by atoms with Gasteiger partial charge in [-0.25, -0.2) is 0 Å². The van der Waals surface area contributed by atoms with Crippen molar-refractivity contribution in [3.05, 3.63) is 65.5 Å². The number of nitrogens with one attached hydrogen (secondary N) is 1. The van der Waals surface area contributed by atoms with Crippen molar-refractivity contribution in [3.63, 3.8) is 0 Å². The van der Waals surface area contributed by atoms with E-state index < -0.39 is 11.7 Å². The van der Waals surface area contributed by atoms with Crippen molar-refractivity contribution >= 4 is 0 Å². The van der Waals surface area contributed by atoms with Crippen molar-refractivity contribution in [3.8, 4) is 0 Å². The number of hydrogen-bond donors (Lipinski definition) is 2. The average molecular weight is 281 g/mol. The number of nitrogens with zero attached hydrogens (tertiary/aromatic N) is 1. The summed E-state index contributed by atoms with van der Waals surface area (Å²) in [6.45, 7) is 0. The molecule has 2 aromatic rings. The van der Waals surface area contributed by atoms with Crippen molar-refractivity contribution in [2.24, 2.45) is 5.84 Å². The van der Waals surface area contributed by atoms with Gasteiger partial charge in [0.1, 0.15) is 0 Å². The molecule has 0 aliphatic rings. The second-order valence-corrected chi connectivity index (χ2v) is 4.38. The highest BCUT2D eigenvalue weighted by atomic mass is 19.4. The molecular formula is C14H14F3N3. The van der Waals surface area contributed by atoms with Gasteiger partial charge in [-0.1, -0.05) is 30.3 Å². The number of hydrazine groups is 1. The molecule has 106 valence electrons. The molecule has 0 bridgehead atoms. The Hall–Kier alpha value is -1.92. The number of hydrogen-bond acceptors (Lipinski definition) is 3. The molecule has 6 heteroatoms. The zero-order valence-electron chi connectivity index (χ0n) is 10.6. The van der Waals surface area contributed by atoms with Gasteiger partial charge in [-0.15, -0.1) is 0 Å². The molecule has 1 aromatic carbocycles. The maximum atomic E-state index is 12.5. The summed E-state index contributed by atoms with van der Waals surface area (Å²) in [4.78, 5) is 3.85. The standard InChI is InChI=1S/C14H14F3N3/c15-14(16,17)11-6-7-12(19-9-11)13(20-18)8-10-4-2-1-3-5-10/h1-7,9,13,20H,8,18H2. The first-order valence-corrected chi connectivity index (χ1v) is 6.04. The van der Waals surface area contributed by atoms with E-state index >= 15 is 0 Å². The van der Waals surface area contributed by atoms with E-state index in [1.54, 1.807) is 0 Å². The van der Waals surface area contributed by atoms with Gasteiger partial charge in [0.15, 0.2) is 0 Å². The van der Waals surface area contributed by atoms with Crippen molar-refractivity contribution in [1.29, 1.82) is 0 Å². The van der Waals surface area contributed by atoms with Gasteiger partial charge in [0.25, 0.3) is 0 Å². The Morgan fingerprint density at radius 2 is 1.80 bits per heavy atom. The predicted octanol–water partition coefficient (Wildman–Crippen LogP) is 2.85. The third-order valence-corrected chi connectivity index (χ3v) is 2.95. The Bertz CT molecular complexity index is 538. The van der Waals surface area contributed by atoms with Crippen LogP contribution in [0, 0.1) is 0 Å². The van der Waals surface area contributed by atoms with Crippen LogP contribution in [0.2, 0.25) is 0 Å². The van der Waals surface area contributed by atoms with Crippen LogP contribution >= 0.6 is 0 Å². The average Bonchev–Trinajstić information content (AvgIpc) is 2.45. The molecule has 1 aromatic heterocycles. The first-order valence-electron chi connectivity index (χ1n) is 6.04. The molecule has 20 heavy (non-hydrogen) atoms. The van der Waals surface area contributed by atoms with Gasteiger partial charge in [-0.05, 0) is 24.1 Å². The van der Waals surface area contributed by atoms with Crippen LogP contribution < -0.4 is 11.3 Å². The van der Waals surface area contributed by atoms with E-state index in [1.165, 1.54) is 6.07 Å². The summed E-state index contributed by atoms with van der Waals surface area (Å²) < 4.78 is 37.4. The fourth-order valence-corrected chi connectivity index (χ4v) is 1.88. The molecule has 0 spiro atoms. The number of rotatable bonds is 4. The fraction of sp³-hybridized carbons (Fsp3) is 0.214. The quantitative estimate of drug-likeness (QED) is 0.669. The van der Waals surface area contributed by atoms with Crippen molar-refractivity contribution in [2.75, 3.05) is 0 Å². The molecule has 3 N–H and O–H groups in total. The number of pyridine rings is 1. The van der Waals surface area contributed by atoms with Crippen molar-refractivity contribution < 1.29 is 13.2 Å². The number of aromatic nitrogens is 1. The van der Waals surface area contributed by atoms with Crippen LogP contribution in [0.3, 0.4) is 0 Å². The Morgan fingerprint density at radius 3 is 2.30 bits per heavy atom. The maximum absolute atomic E-state index is 12.5. The lowest BCUT2D eigenvalue weighted by atomic mass is 10.0. The highest BCUT2D eigenvalue weighted by Gasteiger charge is 2.30. The van der Waals surface area contributed by atoms with Crippen LogP contribution in [0.25, 0.3) is 0 Å². The molecule has 0 fully saturated rings. The van der Waals surface area contributed by atoms with Crippen LogP contribution in [0.4, 0.5) is 13.2 Å². The van der Waals surface area contributed by atoms with Gasteiger partial charge in [0.05, 0.1) is 17.3 Å². The Morgan fingerprint density at radius 1 is 1.10 bits per heavy atom. The van der Waals surface area contributed by atoms with E-state index in [-0.39, 0.29) is 6.04 Å². The first-order chi connectivity index (χ1) is 9.50. The Labute approximate surface area is 114 Å². The topological polar surface area (TPSA) is 50.9 Å². The van der Waals surface area contributed by atoms with E-state index in [0.29, 0.717) is 12.1 Å². The van der Waals surface area contributed by atoms with Crippen molar-refractivity contribution in [2.45, 2.75) is 18.6 Å². The SMILES string of the molecule is NNC(Cc1ccccc1)c1ccc(C(F)(F)F)cn1. The van der Waals surface area contributed by atoms with Crippen LogP contribution in [0.1, 0.15) is 22.9 Å². The lowest BCUT2D eigenvalue weighted by Gasteiger charge is -2.16. The van der Waals surface area contributed by atoms with E-state index in [2.05, 4.69) is 10.4 Å². The van der Waals surface area contributed by atoms with Gasteiger partial charge in [-0.2, -0.15) is 13.2 Å². The molecule has 3 nitrogen and oxygen atoms in total. The summed E-state index contributed by atoms with van der Waals surface area (Å²) >= 11 is 0. The minimum Gasteiger partial charge on any atom is -0.271 e. The van der Waals surface area contributed by atoms with E-state index in [1.807, 2.05) is 30.3 Å². The zero-order chi connectivity index (χ0) is 14.6. The zero-order valence-corrected chi connectivity index (χ0v) is 10.6. The number of nitrogens with two attached hydrogens (primary N) is 1.